The third kappa shape index (κ3) is 6.29. The summed E-state index contributed by atoms with van der Waals surface area (Å²) in [5, 5.41) is 13.1. The number of carbonyl (C=O) groups excluding carboxylic acids is 2. The lowest BCUT2D eigenvalue weighted by molar-refractivity contribution is -0.129. The van der Waals surface area contributed by atoms with E-state index in [0.717, 1.165) is 16.5 Å². The number of likely N-dealkylation sites (tertiary alicyclic amines) is 1. The first-order valence-electron chi connectivity index (χ1n) is 12.6. The van der Waals surface area contributed by atoms with Crippen molar-refractivity contribution in [2.24, 2.45) is 0 Å². The molecule has 0 bridgehead atoms. The Hall–Kier alpha value is -4.72. The van der Waals surface area contributed by atoms with Crippen LogP contribution in [0.4, 0.5) is 10.5 Å². The lowest BCUT2D eigenvalue weighted by Crippen LogP contribution is -2.41. The first-order valence-corrected chi connectivity index (χ1v) is 14.1. The van der Waals surface area contributed by atoms with Crippen LogP contribution in [0, 0.1) is 11.3 Å². The van der Waals surface area contributed by atoms with Gasteiger partial charge in [0.2, 0.25) is 15.9 Å². The molecule has 1 atom stereocenters. The first-order chi connectivity index (χ1) is 19.3. The lowest BCUT2D eigenvalue weighted by Gasteiger charge is -2.17. The highest BCUT2D eigenvalue weighted by molar-refractivity contribution is 7.89. The smallest absolute Gasteiger partial charge is 0.411 e. The van der Waals surface area contributed by atoms with Gasteiger partial charge in [0, 0.05) is 18.8 Å². The van der Waals surface area contributed by atoms with E-state index in [1.165, 1.54) is 12.1 Å². The average Bonchev–Trinajstić information content (AvgIpc) is 3.29. The van der Waals surface area contributed by atoms with Gasteiger partial charge in [0.1, 0.15) is 12.6 Å². The first kappa shape index (κ1) is 26.9. The van der Waals surface area contributed by atoms with Crippen molar-refractivity contribution >= 4 is 38.5 Å². The molecule has 0 unspecified atom stereocenters. The number of sulfonamides is 1. The number of fused-ring (bicyclic) bond motifs is 1. The molecule has 0 spiro atoms. The fourth-order valence-corrected chi connectivity index (χ4v) is 5.83. The third-order valence-corrected chi connectivity index (χ3v) is 8.07. The minimum absolute atomic E-state index is 0.0109. The maximum absolute atomic E-state index is 13.2. The van der Waals surface area contributed by atoms with Crippen LogP contribution in [0.1, 0.15) is 23.1 Å². The van der Waals surface area contributed by atoms with Gasteiger partial charge in [-0.25, -0.2) is 13.2 Å². The monoisotopic (exact) mass is 554 g/mol. The molecule has 0 saturated carbocycles. The normalized spacial score (nSPS) is 15.1. The Morgan fingerprint density at radius 3 is 2.52 bits per heavy atom. The maximum Gasteiger partial charge on any atom is 0.411 e. The number of carbonyl (C=O) groups is 2. The van der Waals surface area contributed by atoms with Crippen LogP contribution >= 0.6 is 0 Å². The molecule has 4 aromatic rings. The van der Waals surface area contributed by atoms with Crippen LogP contribution in [0.25, 0.3) is 10.8 Å². The zero-order valence-corrected chi connectivity index (χ0v) is 22.2. The van der Waals surface area contributed by atoms with E-state index in [-0.39, 0.29) is 17.4 Å². The number of hydrogen-bond donors (Lipinski definition) is 2. The van der Waals surface area contributed by atoms with Gasteiger partial charge in [-0.3, -0.25) is 10.1 Å². The summed E-state index contributed by atoms with van der Waals surface area (Å²) in [6.07, 6.45) is -0.291. The molecular weight excluding hydrogens is 528 g/mol. The Morgan fingerprint density at radius 2 is 1.73 bits per heavy atom. The summed E-state index contributed by atoms with van der Waals surface area (Å²) in [4.78, 5) is 26.8. The van der Waals surface area contributed by atoms with Crippen LogP contribution in [0.5, 0.6) is 0 Å². The summed E-state index contributed by atoms with van der Waals surface area (Å²) in [6, 6.07) is 27.3. The van der Waals surface area contributed by atoms with Crippen molar-refractivity contribution in [2.75, 3.05) is 11.9 Å². The van der Waals surface area contributed by atoms with Gasteiger partial charge < -0.3 is 9.64 Å². The van der Waals surface area contributed by atoms with Crippen molar-refractivity contribution in [3.63, 3.8) is 0 Å². The van der Waals surface area contributed by atoms with Crippen molar-refractivity contribution in [1.82, 2.24) is 9.62 Å². The Labute approximate surface area is 232 Å². The molecule has 0 aromatic heterocycles. The highest BCUT2D eigenvalue weighted by atomic mass is 32.2. The Morgan fingerprint density at radius 1 is 0.950 bits per heavy atom. The van der Waals surface area contributed by atoms with E-state index in [0.29, 0.717) is 36.1 Å². The number of ether oxygens (including phenoxy) is 1. The summed E-state index contributed by atoms with van der Waals surface area (Å²) in [5.41, 5.74) is 2.62. The van der Waals surface area contributed by atoms with Gasteiger partial charge >= 0.3 is 6.09 Å². The van der Waals surface area contributed by atoms with Crippen molar-refractivity contribution in [3.05, 3.63) is 108 Å². The number of rotatable bonds is 8. The summed E-state index contributed by atoms with van der Waals surface area (Å²) < 4.78 is 34.2. The molecule has 0 radical (unpaired) electrons. The Kier molecular flexibility index (Phi) is 7.77. The lowest BCUT2D eigenvalue weighted by atomic mass is 10.1. The van der Waals surface area contributed by atoms with Gasteiger partial charge in [0.25, 0.3) is 0 Å². The van der Waals surface area contributed by atoms with Gasteiger partial charge in [0.15, 0.2) is 0 Å². The van der Waals surface area contributed by atoms with Crippen LogP contribution in [-0.4, -0.2) is 37.9 Å². The van der Waals surface area contributed by atoms with Crippen molar-refractivity contribution in [3.8, 4) is 6.07 Å². The van der Waals surface area contributed by atoms with Crippen LogP contribution in [0.15, 0.2) is 95.9 Å². The fourth-order valence-electron chi connectivity index (χ4n) is 4.57. The van der Waals surface area contributed by atoms with Crippen LogP contribution < -0.4 is 10.0 Å². The van der Waals surface area contributed by atoms with E-state index < -0.39 is 22.2 Å². The number of nitrogens with one attached hydrogen (secondary N) is 2. The van der Waals surface area contributed by atoms with Crippen molar-refractivity contribution in [2.45, 2.75) is 30.5 Å². The largest absolute Gasteiger partial charge is 0.444 e. The number of benzene rings is 4. The van der Waals surface area contributed by atoms with E-state index in [1.54, 1.807) is 47.4 Å². The highest BCUT2D eigenvalue weighted by Gasteiger charge is 2.35. The number of amides is 2. The molecule has 4 aromatic carbocycles. The number of hydrogen-bond acceptors (Lipinski definition) is 6. The summed E-state index contributed by atoms with van der Waals surface area (Å²) in [7, 11) is -4.00. The molecule has 40 heavy (non-hydrogen) atoms. The number of nitriles is 1. The molecule has 202 valence electrons. The molecule has 0 aliphatic carbocycles. The molecule has 1 heterocycles. The number of anilines is 1. The maximum atomic E-state index is 13.2. The Bertz CT molecular complexity index is 1720. The molecule has 1 saturated heterocycles. The average molecular weight is 555 g/mol. The van der Waals surface area contributed by atoms with E-state index in [9.17, 15) is 18.0 Å². The van der Waals surface area contributed by atoms with E-state index in [4.69, 9.17) is 10.00 Å². The summed E-state index contributed by atoms with van der Waals surface area (Å²) in [6.45, 7) is 0.819. The van der Waals surface area contributed by atoms with Crippen LogP contribution in [0.2, 0.25) is 0 Å². The van der Waals surface area contributed by atoms with Gasteiger partial charge in [-0.1, -0.05) is 54.6 Å². The predicted molar refractivity (Wildman–Crippen MR) is 149 cm³/mol. The second kappa shape index (κ2) is 11.6. The van der Waals surface area contributed by atoms with Crippen molar-refractivity contribution in [1.29, 1.82) is 5.26 Å². The van der Waals surface area contributed by atoms with E-state index >= 15 is 0 Å². The molecule has 2 amide bonds. The molecular formula is C30H26N4O5S. The molecule has 1 aliphatic heterocycles. The van der Waals surface area contributed by atoms with E-state index in [1.807, 2.05) is 36.4 Å². The quantitative estimate of drug-likeness (QED) is 0.329. The molecule has 5 rings (SSSR count). The second-order valence-electron chi connectivity index (χ2n) is 9.44. The predicted octanol–water partition coefficient (Wildman–Crippen LogP) is 4.54. The third-order valence-electron chi connectivity index (χ3n) is 6.61. The minimum Gasteiger partial charge on any atom is -0.444 e. The summed E-state index contributed by atoms with van der Waals surface area (Å²) >= 11 is 0. The zero-order chi connectivity index (χ0) is 28.1. The Balaban J connectivity index is 1.24. The second-order valence-corrected chi connectivity index (χ2v) is 11.2. The van der Waals surface area contributed by atoms with E-state index in [2.05, 4.69) is 16.1 Å². The zero-order valence-electron chi connectivity index (χ0n) is 21.4. The van der Waals surface area contributed by atoms with Crippen molar-refractivity contribution < 1.29 is 22.7 Å². The molecule has 1 aliphatic rings. The van der Waals surface area contributed by atoms with Gasteiger partial charge in [0.05, 0.1) is 16.5 Å². The minimum atomic E-state index is -4.00. The molecule has 1 fully saturated rings. The fraction of sp³-hybridized carbons (Fsp3) is 0.167. The van der Waals surface area contributed by atoms with Crippen LogP contribution in [-0.2, 0) is 32.7 Å². The SMILES string of the molecule is N#Cc1cccc(CN2CC[C@H](NS(=O)(=O)c3ccc4ccc(NC(=O)OCc5ccccc5)cc4c3)C2=O)c1. The molecule has 2 N–H and O–H groups in total. The van der Waals surface area contributed by atoms with Gasteiger partial charge in [-0.05, 0) is 64.7 Å². The van der Waals surface area contributed by atoms with Crippen LogP contribution in [0.3, 0.4) is 0 Å². The van der Waals surface area contributed by atoms with Gasteiger partial charge in [-0.2, -0.15) is 9.98 Å². The number of nitrogens with zero attached hydrogens (tertiary/aromatic N) is 2. The standard InChI is InChI=1S/C30H26N4O5S/c31-18-22-7-4-8-23(15-22)19-34-14-13-28(29(34)35)33-40(37,38)27-12-10-24-9-11-26(16-25(24)17-27)32-30(36)39-20-21-5-2-1-3-6-21/h1-12,15-17,28,33H,13-14,19-20H2,(H,32,36)/t28-/m0/s1. The molecule has 10 heteroatoms. The topological polar surface area (TPSA) is 129 Å². The highest BCUT2D eigenvalue weighted by Crippen LogP contribution is 2.24. The summed E-state index contributed by atoms with van der Waals surface area (Å²) in [5.74, 6) is -0.313. The van der Waals surface area contributed by atoms with Gasteiger partial charge in [-0.15, -0.1) is 0 Å². The molecule has 9 nitrogen and oxygen atoms in total.